The lowest BCUT2D eigenvalue weighted by Gasteiger charge is -2.31. The Morgan fingerprint density at radius 2 is 1.45 bits per heavy atom. The molecule has 0 aliphatic rings. The zero-order valence-electron chi connectivity index (χ0n) is 15.7. The fourth-order valence-corrected chi connectivity index (χ4v) is 2.08. The van der Waals surface area contributed by atoms with E-state index in [1.54, 1.807) is 7.11 Å². The van der Waals surface area contributed by atoms with E-state index in [-0.39, 0.29) is 6.42 Å². The van der Waals surface area contributed by atoms with Gasteiger partial charge in [-0.15, -0.1) is 0 Å². The normalized spacial score (nSPS) is 11.0. The van der Waals surface area contributed by atoms with E-state index in [2.05, 4.69) is 27.8 Å². The lowest BCUT2D eigenvalue weighted by atomic mass is 10.1. The molecule has 0 unspecified atom stereocenters. The van der Waals surface area contributed by atoms with E-state index in [1.807, 2.05) is 0 Å². The van der Waals surface area contributed by atoms with Crippen LogP contribution in [-0.2, 0) is 9.53 Å². The van der Waals surface area contributed by atoms with Gasteiger partial charge in [-0.1, -0.05) is 45.4 Å². The fraction of sp³-hybridized carbons (Fsp3) is 0.944. The number of likely N-dealkylation sites (N-methyl/N-ethyl adjacent to an activating group) is 1. The summed E-state index contributed by atoms with van der Waals surface area (Å²) in [5, 5.41) is 10.0. The number of nitrogens with zero attached hydrogens (tertiary/aromatic N) is 1. The number of carboxylic acid groups (broad SMARTS) is 1. The number of hydrogen-bond acceptors (Lipinski definition) is 3. The number of ether oxygens (including phenoxy) is 1. The minimum atomic E-state index is -0.913. The molecule has 0 aliphatic carbocycles. The Bertz CT molecular complexity index is 240. The van der Waals surface area contributed by atoms with E-state index in [4.69, 9.17) is 4.74 Å². The molecule has 0 N–H and O–H groups in total. The molecule has 0 aromatic carbocycles. The molecule has 134 valence electrons. The third-order valence-electron chi connectivity index (χ3n) is 4.35. The molecule has 0 aromatic rings. The molecule has 4 heteroatoms. The van der Waals surface area contributed by atoms with Gasteiger partial charge in [-0.25, -0.2) is 0 Å². The van der Waals surface area contributed by atoms with Crippen molar-refractivity contribution in [3.63, 3.8) is 0 Å². The van der Waals surface area contributed by atoms with Crippen LogP contribution in [-0.4, -0.2) is 50.9 Å². The third kappa shape index (κ3) is 17.4. The van der Waals surface area contributed by atoms with Gasteiger partial charge in [0.1, 0.15) is 6.54 Å². The lowest BCUT2D eigenvalue weighted by Crippen LogP contribution is -2.45. The highest BCUT2D eigenvalue weighted by Crippen LogP contribution is 2.07. The van der Waals surface area contributed by atoms with Crippen molar-refractivity contribution in [1.29, 1.82) is 0 Å². The Kier molecular flexibility index (Phi) is 18.0. The number of carboxylic acids is 1. The van der Waals surface area contributed by atoms with Gasteiger partial charge in [-0.2, -0.15) is 0 Å². The molecule has 0 atom stereocenters. The summed E-state index contributed by atoms with van der Waals surface area (Å²) in [6, 6.07) is 0. The summed E-state index contributed by atoms with van der Waals surface area (Å²) in [4.78, 5) is 10.0. The second-order valence-corrected chi connectivity index (χ2v) is 6.21. The number of quaternary nitrogens is 1. The summed E-state index contributed by atoms with van der Waals surface area (Å²) in [6.45, 7) is 11.0. The van der Waals surface area contributed by atoms with Crippen molar-refractivity contribution in [2.75, 3.05) is 40.4 Å². The Labute approximate surface area is 138 Å². The van der Waals surface area contributed by atoms with Crippen molar-refractivity contribution in [2.45, 2.75) is 72.1 Å². The molecule has 0 spiro atoms. The first-order valence-electron chi connectivity index (χ1n) is 8.98. The molecule has 0 rings (SSSR count). The smallest absolute Gasteiger partial charge is 0.102 e. The van der Waals surface area contributed by atoms with Crippen LogP contribution in [0, 0.1) is 0 Å². The molecular formula is C18H39NO3. The molecule has 0 saturated heterocycles. The lowest BCUT2D eigenvalue weighted by molar-refractivity contribution is -0.906. The summed E-state index contributed by atoms with van der Waals surface area (Å²) in [5.74, 6) is -0.913. The Morgan fingerprint density at radius 3 is 1.86 bits per heavy atom. The second-order valence-electron chi connectivity index (χ2n) is 6.21. The van der Waals surface area contributed by atoms with Crippen LogP contribution in [0.15, 0.2) is 0 Å². The summed E-state index contributed by atoms with van der Waals surface area (Å²) in [7, 11) is 4.02. The van der Waals surface area contributed by atoms with Gasteiger partial charge in [0.05, 0.1) is 26.7 Å². The predicted octanol–water partition coefficient (Wildman–Crippen LogP) is 3.00. The number of methoxy groups -OCH3 is 1. The number of rotatable bonds is 13. The molecule has 0 bridgehead atoms. The van der Waals surface area contributed by atoms with Crippen LogP contribution in [0.25, 0.3) is 0 Å². The van der Waals surface area contributed by atoms with Crippen molar-refractivity contribution < 1.29 is 19.1 Å². The van der Waals surface area contributed by atoms with Crippen molar-refractivity contribution >= 4 is 5.97 Å². The van der Waals surface area contributed by atoms with Gasteiger partial charge >= 0.3 is 0 Å². The average Bonchev–Trinajstić information content (AvgIpc) is 2.52. The van der Waals surface area contributed by atoms with Gasteiger partial charge < -0.3 is 19.1 Å². The molecular weight excluding hydrogens is 278 g/mol. The van der Waals surface area contributed by atoms with Crippen molar-refractivity contribution in [1.82, 2.24) is 0 Å². The Hall–Kier alpha value is -0.610. The maximum absolute atomic E-state index is 10.0. The fourth-order valence-electron chi connectivity index (χ4n) is 2.08. The molecule has 0 heterocycles. The van der Waals surface area contributed by atoms with Crippen molar-refractivity contribution in [2.24, 2.45) is 0 Å². The second kappa shape index (κ2) is 16.8. The van der Waals surface area contributed by atoms with Crippen LogP contribution in [0.5, 0.6) is 0 Å². The van der Waals surface area contributed by atoms with Crippen LogP contribution in [0.4, 0.5) is 0 Å². The van der Waals surface area contributed by atoms with Crippen LogP contribution < -0.4 is 5.11 Å². The Morgan fingerprint density at radius 1 is 0.955 bits per heavy atom. The number of unbranched alkanes of at least 4 members (excludes halogenated alkanes) is 6. The number of carbonyl (C=O) groups excluding carboxylic acids is 1. The first-order valence-corrected chi connectivity index (χ1v) is 8.98. The van der Waals surface area contributed by atoms with Gasteiger partial charge in [0.25, 0.3) is 0 Å². The van der Waals surface area contributed by atoms with Crippen LogP contribution in [0.3, 0.4) is 0 Å². The van der Waals surface area contributed by atoms with Gasteiger partial charge in [-0.05, 0) is 26.7 Å². The number of carbonyl (C=O) groups is 1. The highest BCUT2D eigenvalue weighted by atomic mass is 16.5. The van der Waals surface area contributed by atoms with Crippen LogP contribution >= 0.6 is 0 Å². The monoisotopic (exact) mass is 317 g/mol. The average molecular weight is 318 g/mol. The standard InChI is InChI=1S/C10H20O2.C8H20NO/c1-2-3-4-5-6-7-8-9-10(11)12;1-5-9(3,6-2)7-8-10-4/h2-9H2,1H3,(H,11,12);5-8H2,1-4H3/q;+1/p-1. The zero-order chi connectivity index (χ0) is 17.3. The van der Waals surface area contributed by atoms with Crippen LogP contribution in [0.2, 0.25) is 0 Å². The van der Waals surface area contributed by atoms with E-state index >= 15 is 0 Å². The molecule has 0 radical (unpaired) electrons. The minimum Gasteiger partial charge on any atom is -0.550 e. The van der Waals surface area contributed by atoms with Crippen molar-refractivity contribution in [3.05, 3.63) is 0 Å². The number of aliphatic carboxylic acids is 1. The van der Waals surface area contributed by atoms with E-state index in [9.17, 15) is 9.90 Å². The first-order chi connectivity index (χ1) is 10.5. The van der Waals surface area contributed by atoms with E-state index < -0.39 is 5.97 Å². The zero-order valence-corrected chi connectivity index (χ0v) is 15.7. The molecule has 0 saturated carbocycles. The van der Waals surface area contributed by atoms with E-state index in [0.29, 0.717) is 0 Å². The molecule has 4 nitrogen and oxygen atoms in total. The molecule has 0 amide bonds. The molecule has 0 aliphatic heterocycles. The SMILES string of the molecule is CCCCCCCCCC(=O)[O-].CC[N+](C)(CC)CCOC. The summed E-state index contributed by atoms with van der Waals surface area (Å²) >= 11 is 0. The highest BCUT2D eigenvalue weighted by Gasteiger charge is 2.14. The quantitative estimate of drug-likeness (QED) is 0.387. The van der Waals surface area contributed by atoms with Crippen LogP contribution in [0.1, 0.15) is 72.1 Å². The maximum Gasteiger partial charge on any atom is 0.102 e. The van der Waals surface area contributed by atoms with Gasteiger partial charge in [0.2, 0.25) is 0 Å². The molecule has 0 fully saturated rings. The predicted molar refractivity (Wildman–Crippen MR) is 91.6 cm³/mol. The summed E-state index contributed by atoms with van der Waals surface area (Å²) in [5.41, 5.74) is 0. The topological polar surface area (TPSA) is 49.4 Å². The number of hydrogen-bond donors (Lipinski definition) is 0. The summed E-state index contributed by atoms with van der Waals surface area (Å²) in [6.07, 6.45) is 8.34. The maximum atomic E-state index is 10.0. The molecule has 22 heavy (non-hydrogen) atoms. The van der Waals surface area contributed by atoms with Crippen molar-refractivity contribution in [3.8, 4) is 0 Å². The minimum absolute atomic E-state index is 0.230. The third-order valence-corrected chi connectivity index (χ3v) is 4.35. The largest absolute Gasteiger partial charge is 0.550 e. The summed E-state index contributed by atoms with van der Waals surface area (Å²) < 4.78 is 6.14. The van der Waals surface area contributed by atoms with Gasteiger partial charge in [0, 0.05) is 13.1 Å². The highest BCUT2D eigenvalue weighted by molar-refractivity contribution is 5.63. The van der Waals surface area contributed by atoms with Gasteiger partial charge in [-0.3, -0.25) is 0 Å². The Balaban J connectivity index is 0. The first kappa shape index (κ1) is 23.7. The van der Waals surface area contributed by atoms with E-state index in [0.717, 1.165) is 30.5 Å². The molecule has 0 aromatic heterocycles. The van der Waals surface area contributed by atoms with Gasteiger partial charge in [0.15, 0.2) is 0 Å². The van der Waals surface area contributed by atoms with E-state index in [1.165, 1.54) is 45.2 Å².